The molecule has 0 bridgehead atoms. The van der Waals surface area contributed by atoms with Crippen molar-refractivity contribution in [1.29, 1.82) is 0 Å². The quantitative estimate of drug-likeness (QED) is 0.612. The van der Waals surface area contributed by atoms with Gasteiger partial charge < -0.3 is 26.3 Å². The number of carbonyl (C=O) groups is 1. The second kappa shape index (κ2) is 6.83. The second-order valence-corrected chi connectivity index (χ2v) is 3.86. The van der Waals surface area contributed by atoms with Crippen molar-refractivity contribution >= 4 is 17.3 Å². The van der Waals surface area contributed by atoms with Gasteiger partial charge in [0.1, 0.15) is 0 Å². The lowest BCUT2D eigenvalue weighted by atomic mass is 10.1. The summed E-state index contributed by atoms with van der Waals surface area (Å²) in [5.41, 5.74) is 12.6. The molecule has 0 aliphatic heterocycles. The lowest BCUT2D eigenvalue weighted by molar-refractivity contribution is 0.0366. The molecule has 0 aliphatic carbocycles. The summed E-state index contributed by atoms with van der Waals surface area (Å²) >= 11 is 0. The van der Waals surface area contributed by atoms with E-state index in [0.29, 0.717) is 24.4 Å². The fourth-order valence-electron chi connectivity index (χ4n) is 1.50. The maximum atomic E-state index is 11.0. The van der Waals surface area contributed by atoms with Crippen molar-refractivity contribution in [2.45, 2.75) is 6.10 Å². The van der Waals surface area contributed by atoms with Crippen molar-refractivity contribution < 1.29 is 14.3 Å². The Kier molecular flexibility index (Phi) is 5.41. The zero-order valence-electron chi connectivity index (χ0n) is 10.6. The lowest BCUT2D eigenvalue weighted by Crippen LogP contribution is -2.26. The average molecular weight is 253 g/mol. The Morgan fingerprint density at radius 2 is 2.17 bits per heavy atom. The number of methoxy groups -OCH3 is 2. The first-order valence-electron chi connectivity index (χ1n) is 5.53. The van der Waals surface area contributed by atoms with Gasteiger partial charge in [0.15, 0.2) is 0 Å². The fourth-order valence-corrected chi connectivity index (χ4v) is 1.50. The number of rotatable bonds is 7. The van der Waals surface area contributed by atoms with Gasteiger partial charge >= 0.3 is 0 Å². The number of hydrogen-bond donors (Lipinski definition) is 3. The van der Waals surface area contributed by atoms with E-state index in [1.54, 1.807) is 32.4 Å². The average Bonchev–Trinajstić information content (AvgIpc) is 2.35. The standard InChI is InChI=1S/C12H19N3O3/c1-17-7-9(18-2)6-15-11-4-3-8(12(14)16)5-10(11)13/h3-5,9,15H,6-7,13H2,1-2H3,(H2,14,16). The Morgan fingerprint density at radius 1 is 1.44 bits per heavy atom. The minimum absolute atomic E-state index is 0.0646. The molecule has 0 fully saturated rings. The van der Waals surface area contributed by atoms with Crippen molar-refractivity contribution in [3.05, 3.63) is 23.8 Å². The van der Waals surface area contributed by atoms with Crippen molar-refractivity contribution in [3.63, 3.8) is 0 Å². The molecule has 1 rings (SSSR count). The number of hydrogen-bond acceptors (Lipinski definition) is 5. The molecule has 1 atom stereocenters. The molecule has 6 heteroatoms. The monoisotopic (exact) mass is 253 g/mol. The Hall–Kier alpha value is -1.79. The van der Waals surface area contributed by atoms with E-state index in [1.807, 2.05) is 0 Å². The van der Waals surface area contributed by atoms with Crippen molar-refractivity contribution in [2.75, 3.05) is 38.4 Å². The van der Waals surface area contributed by atoms with Gasteiger partial charge in [0.25, 0.3) is 0 Å². The minimum Gasteiger partial charge on any atom is -0.397 e. The lowest BCUT2D eigenvalue weighted by Gasteiger charge is -2.17. The third-order valence-corrected chi connectivity index (χ3v) is 2.54. The molecule has 1 amide bonds. The third kappa shape index (κ3) is 3.90. The van der Waals surface area contributed by atoms with Crippen LogP contribution < -0.4 is 16.8 Å². The van der Waals surface area contributed by atoms with E-state index in [-0.39, 0.29) is 6.10 Å². The second-order valence-electron chi connectivity index (χ2n) is 3.86. The Labute approximate surface area is 106 Å². The van der Waals surface area contributed by atoms with Crippen LogP contribution in [-0.2, 0) is 9.47 Å². The number of nitrogen functional groups attached to an aromatic ring is 1. The Balaban J connectivity index is 2.65. The summed E-state index contributed by atoms with van der Waals surface area (Å²) in [6.45, 7) is 1.05. The first kappa shape index (κ1) is 14.3. The zero-order chi connectivity index (χ0) is 13.5. The zero-order valence-corrected chi connectivity index (χ0v) is 10.6. The van der Waals surface area contributed by atoms with Gasteiger partial charge in [0.2, 0.25) is 5.91 Å². The molecule has 0 heterocycles. The number of amides is 1. The molecule has 1 aromatic rings. The van der Waals surface area contributed by atoms with Gasteiger partial charge in [-0.15, -0.1) is 0 Å². The van der Waals surface area contributed by atoms with E-state index < -0.39 is 5.91 Å². The van der Waals surface area contributed by atoms with Gasteiger partial charge in [0.05, 0.1) is 24.1 Å². The number of nitrogens with one attached hydrogen (secondary N) is 1. The number of nitrogens with two attached hydrogens (primary N) is 2. The topological polar surface area (TPSA) is 99.6 Å². The summed E-state index contributed by atoms with van der Waals surface area (Å²) in [5, 5.41) is 3.13. The van der Waals surface area contributed by atoms with E-state index in [1.165, 1.54) is 0 Å². The predicted molar refractivity (Wildman–Crippen MR) is 70.5 cm³/mol. The van der Waals surface area contributed by atoms with E-state index >= 15 is 0 Å². The van der Waals surface area contributed by atoms with E-state index in [0.717, 1.165) is 5.69 Å². The summed E-state index contributed by atoms with van der Waals surface area (Å²) in [5.74, 6) is -0.498. The highest BCUT2D eigenvalue weighted by molar-refractivity contribution is 5.94. The first-order chi connectivity index (χ1) is 8.58. The molecule has 0 saturated carbocycles. The fraction of sp³-hybridized carbons (Fsp3) is 0.417. The molecule has 100 valence electrons. The molecule has 5 N–H and O–H groups in total. The van der Waals surface area contributed by atoms with Crippen LogP contribution in [0.3, 0.4) is 0 Å². The van der Waals surface area contributed by atoms with Crippen molar-refractivity contribution in [3.8, 4) is 0 Å². The van der Waals surface area contributed by atoms with E-state index in [9.17, 15) is 4.79 Å². The van der Waals surface area contributed by atoms with Crippen LogP contribution in [0.1, 0.15) is 10.4 Å². The van der Waals surface area contributed by atoms with Gasteiger partial charge in [0, 0.05) is 26.3 Å². The van der Waals surface area contributed by atoms with Gasteiger partial charge in [-0.3, -0.25) is 4.79 Å². The maximum absolute atomic E-state index is 11.0. The van der Waals surface area contributed by atoms with E-state index in [2.05, 4.69) is 5.32 Å². The minimum atomic E-state index is -0.498. The molecule has 1 unspecified atom stereocenters. The van der Waals surface area contributed by atoms with Crippen LogP contribution >= 0.6 is 0 Å². The number of ether oxygens (including phenoxy) is 2. The van der Waals surface area contributed by atoms with Gasteiger partial charge in [-0.2, -0.15) is 0 Å². The van der Waals surface area contributed by atoms with Gasteiger partial charge in [-0.25, -0.2) is 0 Å². The highest BCUT2D eigenvalue weighted by atomic mass is 16.5. The SMILES string of the molecule is COCC(CNc1ccc(C(N)=O)cc1N)OC. The summed E-state index contributed by atoms with van der Waals surface area (Å²) in [4.78, 5) is 11.0. The summed E-state index contributed by atoms with van der Waals surface area (Å²) in [6, 6.07) is 4.89. The number of primary amides is 1. The third-order valence-electron chi connectivity index (χ3n) is 2.54. The van der Waals surface area contributed by atoms with Gasteiger partial charge in [-0.1, -0.05) is 0 Å². The van der Waals surface area contributed by atoms with Crippen LogP contribution in [0, 0.1) is 0 Å². The van der Waals surface area contributed by atoms with Crippen LogP contribution in [-0.4, -0.2) is 39.4 Å². The number of benzene rings is 1. The normalized spacial score (nSPS) is 12.1. The van der Waals surface area contributed by atoms with Crippen LogP contribution in [0.5, 0.6) is 0 Å². The molecule has 0 aromatic heterocycles. The summed E-state index contributed by atoms with van der Waals surface area (Å²) < 4.78 is 10.2. The maximum Gasteiger partial charge on any atom is 0.248 e. The molecule has 6 nitrogen and oxygen atoms in total. The van der Waals surface area contributed by atoms with Crippen molar-refractivity contribution in [1.82, 2.24) is 0 Å². The largest absolute Gasteiger partial charge is 0.397 e. The molecule has 1 aromatic carbocycles. The number of anilines is 2. The van der Waals surface area contributed by atoms with Crippen LogP contribution in [0.15, 0.2) is 18.2 Å². The summed E-state index contributed by atoms with van der Waals surface area (Å²) in [7, 11) is 3.23. The Bertz CT molecular complexity index is 410. The smallest absolute Gasteiger partial charge is 0.248 e. The van der Waals surface area contributed by atoms with Crippen LogP contribution in [0.4, 0.5) is 11.4 Å². The molecule has 0 saturated heterocycles. The number of carbonyl (C=O) groups excluding carboxylic acids is 1. The van der Waals surface area contributed by atoms with Crippen LogP contribution in [0.2, 0.25) is 0 Å². The molecule has 0 radical (unpaired) electrons. The molecule has 18 heavy (non-hydrogen) atoms. The van der Waals surface area contributed by atoms with Crippen LogP contribution in [0.25, 0.3) is 0 Å². The predicted octanol–water partition coefficient (Wildman–Crippen LogP) is 0.441. The molecular formula is C12H19N3O3. The summed E-state index contributed by atoms with van der Waals surface area (Å²) in [6.07, 6.45) is -0.0646. The van der Waals surface area contributed by atoms with Crippen molar-refractivity contribution in [2.24, 2.45) is 5.73 Å². The highest BCUT2D eigenvalue weighted by Gasteiger charge is 2.09. The molecule has 0 aliphatic rings. The highest BCUT2D eigenvalue weighted by Crippen LogP contribution is 2.19. The first-order valence-corrected chi connectivity index (χ1v) is 5.53. The molecule has 0 spiro atoms. The Morgan fingerprint density at radius 3 is 2.67 bits per heavy atom. The van der Waals surface area contributed by atoms with Gasteiger partial charge in [-0.05, 0) is 18.2 Å². The van der Waals surface area contributed by atoms with E-state index in [4.69, 9.17) is 20.9 Å². The molecular weight excluding hydrogens is 234 g/mol.